The number of hydrogen-bond donors (Lipinski definition) is 6. The number of nitrogens with two attached hydrogens (primary N) is 1. The van der Waals surface area contributed by atoms with E-state index in [0.717, 1.165) is 16.7 Å². The first-order valence-electron chi connectivity index (χ1n) is 20.6. The van der Waals surface area contributed by atoms with E-state index in [-0.39, 0.29) is 37.3 Å². The first-order valence-corrected chi connectivity index (χ1v) is 22.1. The average Bonchev–Trinajstić information content (AvgIpc) is 3.74. The molecular formula is C44H58N8O10S. The molecule has 0 aliphatic carbocycles. The highest BCUT2D eigenvalue weighted by Crippen LogP contribution is 2.21. The fraction of sp³-hybridized carbons (Fsp3) is 0.432. The molecule has 4 rings (SSSR count). The summed E-state index contributed by atoms with van der Waals surface area (Å²) in [5.41, 5.74) is 7.47. The Balaban J connectivity index is 1.42. The molecule has 0 spiro atoms. The monoisotopic (exact) mass is 890 g/mol. The molecule has 1 saturated heterocycles. The summed E-state index contributed by atoms with van der Waals surface area (Å²) < 4.78 is 38.7. The number of benzene rings is 3. The van der Waals surface area contributed by atoms with Gasteiger partial charge in [0, 0.05) is 19.5 Å². The molecule has 1 aliphatic rings. The Morgan fingerprint density at radius 3 is 2.13 bits per heavy atom. The van der Waals surface area contributed by atoms with Gasteiger partial charge in [0.2, 0.25) is 29.6 Å². The maximum atomic E-state index is 13.7. The number of sulfonamides is 1. The molecule has 0 unspecified atom stereocenters. The van der Waals surface area contributed by atoms with E-state index in [1.54, 1.807) is 81.4 Å². The lowest BCUT2D eigenvalue weighted by molar-refractivity contribution is -0.149. The predicted octanol–water partition coefficient (Wildman–Crippen LogP) is 2.34. The SMILES string of the molecule is Cc1ccc(S(=O)(=O)NC(N)=NCCC[C@H](NC(=O)CNC(=O)[C@@H]2CCCN2C(=O)OC(C)(C)C)C(=O)N[C@@H](C)C(=O)N[C@@H](Cc2ccccc2)C(=O)OCc2ccccc2)cc1. The lowest BCUT2D eigenvalue weighted by Gasteiger charge is -2.28. The number of aliphatic imine (C=N–C) groups is 1. The van der Waals surface area contributed by atoms with Crippen LogP contribution in [0, 0.1) is 6.92 Å². The van der Waals surface area contributed by atoms with Crippen LogP contribution in [0.15, 0.2) is 94.8 Å². The number of likely N-dealkylation sites (tertiary alicyclic amines) is 1. The highest BCUT2D eigenvalue weighted by atomic mass is 32.2. The molecule has 1 aliphatic heterocycles. The van der Waals surface area contributed by atoms with Crippen LogP contribution in [-0.4, -0.2) is 104 Å². The normalized spacial score (nSPS) is 15.5. The maximum Gasteiger partial charge on any atom is 0.410 e. The van der Waals surface area contributed by atoms with E-state index in [0.29, 0.717) is 19.4 Å². The van der Waals surface area contributed by atoms with Gasteiger partial charge in [-0.15, -0.1) is 0 Å². The first-order chi connectivity index (χ1) is 29.8. The summed E-state index contributed by atoms with van der Waals surface area (Å²) in [7, 11) is -4.02. The smallest absolute Gasteiger partial charge is 0.410 e. The third kappa shape index (κ3) is 16.4. The lowest BCUT2D eigenvalue weighted by Crippen LogP contribution is -2.56. The summed E-state index contributed by atoms with van der Waals surface area (Å²) in [5, 5.41) is 10.4. The van der Waals surface area contributed by atoms with Gasteiger partial charge in [-0.05, 0) is 83.6 Å². The zero-order chi connectivity index (χ0) is 46.2. The Kier molecular flexibility index (Phi) is 18.0. The van der Waals surface area contributed by atoms with Crippen LogP contribution in [0.3, 0.4) is 0 Å². The molecule has 63 heavy (non-hydrogen) atoms. The van der Waals surface area contributed by atoms with Crippen molar-refractivity contribution in [2.75, 3.05) is 19.6 Å². The minimum Gasteiger partial charge on any atom is -0.459 e. The van der Waals surface area contributed by atoms with Gasteiger partial charge < -0.3 is 36.5 Å². The van der Waals surface area contributed by atoms with Gasteiger partial charge in [0.1, 0.15) is 36.4 Å². The van der Waals surface area contributed by atoms with Crippen LogP contribution < -0.4 is 31.7 Å². The van der Waals surface area contributed by atoms with Crippen molar-refractivity contribution in [2.24, 2.45) is 10.7 Å². The Bertz CT molecular complexity index is 2180. The molecule has 3 aromatic rings. The van der Waals surface area contributed by atoms with Crippen molar-refractivity contribution in [3.05, 3.63) is 102 Å². The molecule has 3 aromatic carbocycles. The fourth-order valence-corrected chi connectivity index (χ4v) is 7.32. The summed E-state index contributed by atoms with van der Waals surface area (Å²) >= 11 is 0. The minimum absolute atomic E-state index is 0.0168. The quantitative estimate of drug-likeness (QED) is 0.0441. The summed E-state index contributed by atoms with van der Waals surface area (Å²) in [5.74, 6) is -3.89. The number of carbonyl (C=O) groups excluding carboxylic acids is 6. The highest BCUT2D eigenvalue weighted by Gasteiger charge is 2.37. The van der Waals surface area contributed by atoms with Crippen LogP contribution in [-0.2, 0) is 56.5 Å². The van der Waals surface area contributed by atoms with Gasteiger partial charge in [0.05, 0.1) is 11.4 Å². The largest absolute Gasteiger partial charge is 0.459 e. The first kappa shape index (κ1) is 49.2. The second kappa shape index (κ2) is 23.1. The van der Waals surface area contributed by atoms with E-state index in [1.807, 2.05) is 19.1 Å². The molecule has 0 bridgehead atoms. The van der Waals surface area contributed by atoms with E-state index in [4.69, 9.17) is 15.2 Å². The number of guanidine groups is 1. The number of rotatable bonds is 19. The van der Waals surface area contributed by atoms with E-state index >= 15 is 0 Å². The van der Waals surface area contributed by atoms with E-state index in [9.17, 15) is 37.2 Å². The van der Waals surface area contributed by atoms with Gasteiger partial charge in [0.15, 0.2) is 0 Å². The molecule has 0 radical (unpaired) electrons. The number of hydrogen-bond acceptors (Lipinski definition) is 11. The van der Waals surface area contributed by atoms with Gasteiger partial charge in [-0.1, -0.05) is 78.4 Å². The standard InChI is InChI=1S/C44H58N8O10S/c1-29-20-22-33(23-21-29)63(59,60)51-42(45)46-24-12-18-34(49-37(53)27-47-40(56)36-19-13-25-52(36)43(58)62-44(3,4)5)39(55)48-30(2)38(54)50-35(26-31-14-8-6-9-15-31)41(57)61-28-32-16-10-7-11-17-32/h6-11,14-17,20-23,30,34-36H,12-13,18-19,24-28H2,1-5H3,(H,47,56)(H,48,55)(H,49,53)(H,50,54)(H3,45,46,51)/t30-,34-,35-,36-/m0/s1. The molecule has 5 amide bonds. The molecule has 19 heteroatoms. The zero-order valence-electron chi connectivity index (χ0n) is 36.2. The molecule has 7 N–H and O–H groups in total. The number of carbonyl (C=O) groups is 6. The Labute approximate surface area is 368 Å². The number of esters is 1. The third-order valence-electron chi connectivity index (χ3n) is 9.62. The van der Waals surface area contributed by atoms with Crippen molar-refractivity contribution in [1.82, 2.24) is 30.9 Å². The topological polar surface area (TPSA) is 257 Å². The molecule has 0 aromatic heterocycles. The van der Waals surface area contributed by atoms with E-state index < -0.39 is 88.0 Å². The zero-order valence-corrected chi connectivity index (χ0v) is 37.0. The number of nitrogens with one attached hydrogen (secondary N) is 5. The maximum absolute atomic E-state index is 13.7. The van der Waals surface area contributed by atoms with Crippen LogP contribution in [0.2, 0.25) is 0 Å². The Morgan fingerprint density at radius 2 is 1.49 bits per heavy atom. The summed E-state index contributed by atoms with van der Waals surface area (Å²) in [6.45, 7) is 8.02. The molecule has 1 fully saturated rings. The van der Waals surface area contributed by atoms with Crippen LogP contribution in [0.1, 0.15) is 70.1 Å². The minimum atomic E-state index is -4.02. The van der Waals surface area contributed by atoms with Gasteiger partial charge in [-0.3, -0.25) is 29.1 Å². The third-order valence-corrected chi connectivity index (χ3v) is 11.0. The van der Waals surface area contributed by atoms with Crippen LogP contribution >= 0.6 is 0 Å². The second-order valence-corrected chi connectivity index (χ2v) is 17.8. The molecular weight excluding hydrogens is 833 g/mol. The summed E-state index contributed by atoms with van der Waals surface area (Å²) in [6, 6.07) is 19.7. The predicted molar refractivity (Wildman–Crippen MR) is 234 cm³/mol. The number of nitrogens with zero attached hydrogens (tertiary/aromatic N) is 2. The number of amides is 5. The van der Waals surface area contributed by atoms with Crippen molar-refractivity contribution in [3.63, 3.8) is 0 Å². The van der Waals surface area contributed by atoms with Gasteiger partial charge >= 0.3 is 12.1 Å². The van der Waals surface area contributed by atoms with Crippen molar-refractivity contribution >= 4 is 51.7 Å². The Morgan fingerprint density at radius 1 is 0.857 bits per heavy atom. The van der Waals surface area contributed by atoms with Crippen molar-refractivity contribution in [1.29, 1.82) is 0 Å². The Hall–Kier alpha value is -6.50. The second-order valence-electron chi connectivity index (χ2n) is 16.1. The molecule has 4 atom stereocenters. The number of ether oxygens (including phenoxy) is 2. The van der Waals surface area contributed by atoms with Gasteiger partial charge in [-0.25, -0.2) is 22.7 Å². The molecule has 1 heterocycles. The van der Waals surface area contributed by atoms with Gasteiger partial charge in [0.25, 0.3) is 10.0 Å². The van der Waals surface area contributed by atoms with Crippen molar-refractivity contribution < 1.29 is 46.7 Å². The van der Waals surface area contributed by atoms with Gasteiger partial charge in [-0.2, -0.15) is 0 Å². The fourth-order valence-electron chi connectivity index (χ4n) is 6.37. The average molecular weight is 891 g/mol. The van der Waals surface area contributed by atoms with Crippen LogP contribution in [0.25, 0.3) is 0 Å². The van der Waals surface area contributed by atoms with E-state index in [1.165, 1.54) is 24.0 Å². The number of aryl methyl sites for hydroxylation is 1. The van der Waals surface area contributed by atoms with Crippen LogP contribution in [0.5, 0.6) is 0 Å². The summed E-state index contributed by atoms with van der Waals surface area (Å²) in [4.78, 5) is 85.1. The molecule has 18 nitrogen and oxygen atoms in total. The lowest BCUT2D eigenvalue weighted by atomic mass is 10.1. The van der Waals surface area contributed by atoms with E-state index in [2.05, 4.69) is 31.0 Å². The molecule has 340 valence electrons. The van der Waals surface area contributed by atoms with Crippen LogP contribution in [0.4, 0.5) is 4.79 Å². The van der Waals surface area contributed by atoms with Crippen molar-refractivity contribution in [2.45, 2.75) is 108 Å². The summed E-state index contributed by atoms with van der Waals surface area (Å²) in [6.07, 6.45) is 0.420. The highest BCUT2D eigenvalue weighted by molar-refractivity contribution is 7.90. The molecule has 0 saturated carbocycles. The van der Waals surface area contributed by atoms with Crippen molar-refractivity contribution in [3.8, 4) is 0 Å².